The molecule has 0 unspecified atom stereocenters. The molecule has 0 N–H and O–H groups in total. The van der Waals surface area contributed by atoms with E-state index in [0.717, 1.165) is 11.7 Å². The summed E-state index contributed by atoms with van der Waals surface area (Å²) in [6, 6.07) is 0. The largest absolute Gasteiger partial charge is 0.302 e. The zero-order chi connectivity index (χ0) is 12.8. The molecule has 0 heterocycles. The summed E-state index contributed by atoms with van der Waals surface area (Å²) in [6.07, 6.45) is 12.9. The average molecular weight is 269 g/mol. The number of thiol groups is 1. The van der Waals surface area contributed by atoms with Gasteiger partial charge in [0.1, 0.15) is 0 Å². The average Bonchev–Trinajstić information content (AvgIpc) is 3.17. The van der Waals surface area contributed by atoms with Crippen LogP contribution >= 0.6 is 12.6 Å². The standard InChI is InChI=1S/C16H31NS/c1-2-11-17(12-15-7-8-15)13-16(14-18)9-5-3-4-6-10-16/h15,18H,2-14H2,1H3. The van der Waals surface area contributed by atoms with Crippen molar-refractivity contribution < 1.29 is 0 Å². The van der Waals surface area contributed by atoms with Crippen LogP contribution in [0.4, 0.5) is 0 Å². The van der Waals surface area contributed by atoms with Crippen LogP contribution in [0.15, 0.2) is 0 Å². The van der Waals surface area contributed by atoms with Gasteiger partial charge in [0.05, 0.1) is 0 Å². The van der Waals surface area contributed by atoms with Gasteiger partial charge in [0.25, 0.3) is 0 Å². The van der Waals surface area contributed by atoms with Crippen LogP contribution in [-0.2, 0) is 0 Å². The van der Waals surface area contributed by atoms with Gasteiger partial charge in [0, 0.05) is 13.1 Å². The maximum Gasteiger partial charge on any atom is 0.00459 e. The van der Waals surface area contributed by atoms with E-state index in [9.17, 15) is 0 Å². The Morgan fingerprint density at radius 2 is 1.78 bits per heavy atom. The molecule has 2 fully saturated rings. The minimum Gasteiger partial charge on any atom is -0.302 e. The molecule has 0 aliphatic heterocycles. The second kappa shape index (κ2) is 7.19. The van der Waals surface area contributed by atoms with Gasteiger partial charge in [-0.1, -0.05) is 32.6 Å². The Morgan fingerprint density at radius 1 is 1.11 bits per heavy atom. The van der Waals surface area contributed by atoms with Gasteiger partial charge in [-0.05, 0) is 55.7 Å². The Kier molecular flexibility index (Phi) is 5.88. The van der Waals surface area contributed by atoms with Crippen LogP contribution < -0.4 is 0 Å². The quantitative estimate of drug-likeness (QED) is 0.530. The van der Waals surface area contributed by atoms with Crippen molar-refractivity contribution in [3.63, 3.8) is 0 Å². The molecule has 2 aliphatic carbocycles. The van der Waals surface area contributed by atoms with E-state index in [4.69, 9.17) is 12.6 Å². The van der Waals surface area contributed by atoms with Gasteiger partial charge < -0.3 is 4.90 Å². The summed E-state index contributed by atoms with van der Waals surface area (Å²) in [5, 5.41) is 0. The maximum atomic E-state index is 4.72. The molecule has 18 heavy (non-hydrogen) atoms. The van der Waals surface area contributed by atoms with Crippen LogP contribution in [-0.4, -0.2) is 30.3 Å². The molecule has 0 atom stereocenters. The predicted molar refractivity (Wildman–Crippen MR) is 83.4 cm³/mol. The fourth-order valence-electron chi connectivity index (χ4n) is 3.54. The summed E-state index contributed by atoms with van der Waals surface area (Å²) in [4.78, 5) is 2.76. The van der Waals surface area contributed by atoms with Crippen LogP contribution in [0, 0.1) is 11.3 Å². The Morgan fingerprint density at radius 3 is 2.28 bits per heavy atom. The molecule has 2 rings (SSSR count). The highest BCUT2D eigenvalue weighted by Crippen LogP contribution is 2.38. The summed E-state index contributed by atoms with van der Waals surface area (Å²) in [5.41, 5.74) is 0.531. The van der Waals surface area contributed by atoms with Crippen molar-refractivity contribution in [2.45, 2.75) is 64.7 Å². The summed E-state index contributed by atoms with van der Waals surface area (Å²) < 4.78 is 0. The molecular formula is C16H31NS. The van der Waals surface area contributed by atoms with Crippen molar-refractivity contribution in [1.29, 1.82) is 0 Å². The Hall–Kier alpha value is 0.310. The third-order valence-electron chi connectivity index (χ3n) is 4.81. The molecule has 0 spiro atoms. The molecule has 0 radical (unpaired) electrons. The first-order chi connectivity index (χ1) is 8.78. The first-order valence-electron chi connectivity index (χ1n) is 8.11. The number of nitrogens with zero attached hydrogens (tertiary/aromatic N) is 1. The van der Waals surface area contributed by atoms with E-state index in [1.807, 2.05) is 0 Å². The van der Waals surface area contributed by atoms with Gasteiger partial charge in [0.2, 0.25) is 0 Å². The molecule has 2 aliphatic rings. The molecule has 0 bridgehead atoms. The van der Waals surface area contributed by atoms with E-state index in [1.165, 1.54) is 77.4 Å². The third-order valence-corrected chi connectivity index (χ3v) is 5.48. The van der Waals surface area contributed by atoms with Gasteiger partial charge >= 0.3 is 0 Å². The number of hydrogen-bond acceptors (Lipinski definition) is 2. The SMILES string of the molecule is CCCN(CC1CC1)CC1(CS)CCCCCC1. The van der Waals surface area contributed by atoms with E-state index < -0.39 is 0 Å². The second-order valence-corrected chi connectivity index (χ2v) is 7.07. The highest BCUT2D eigenvalue weighted by molar-refractivity contribution is 7.80. The molecule has 2 saturated carbocycles. The number of rotatable bonds is 7. The molecule has 106 valence electrons. The topological polar surface area (TPSA) is 3.24 Å². The van der Waals surface area contributed by atoms with E-state index in [2.05, 4.69) is 11.8 Å². The maximum absolute atomic E-state index is 4.72. The van der Waals surface area contributed by atoms with Crippen LogP contribution in [0.1, 0.15) is 64.7 Å². The van der Waals surface area contributed by atoms with Gasteiger partial charge in [-0.15, -0.1) is 0 Å². The summed E-state index contributed by atoms with van der Waals surface area (Å²) in [7, 11) is 0. The van der Waals surface area contributed by atoms with Crippen molar-refractivity contribution in [1.82, 2.24) is 4.90 Å². The van der Waals surface area contributed by atoms with Gasteiger partial charge in [-0.2, -0.15) is 12.6 Å². The minimum atomic E-state index is 0.531. The van der Waals surface area contributed by atoms with Crippen molar-refractivity contribution in [3.05, 3.63) is 0 Å². The fraction of sp³-hybridized carbons (Fsp3) is 1.00. The molecular weight excluding hydrogens is 238 g/mol. The third kappa shape index (κ3) is 4.45. The van der Waals surface area contributed by atoms with Crippen molar-refractivity contribution in [2.75, 3.05) is 25.4 Å². The summed E-state index contributed by atoms with van der Waals surface area (Å²) in [6.45, 7) is 6.30. The smallest absolute Gasteiger partial charge is 0.00459 e. The van der Waals surface area contributed by atoms with Crippen LogP contribution in [0.3, 0.4) is 0 Å². The van der Waals surface area contributed by atoms with Crippen LogP contribution in [0.25, 0.3) is 0 Å². The lowest BCUT2D eigenvalue weighted by molar-refractivity contribution is 0.145. The van der Waals surface area contributed by atoms with Crippen LogP contribution in [0.5, 0.6) is 0 Å². The van der Waals surface area contributed by atoms with E-state index in [-0.39, 0.29) is 0 Å². The predicted octanol–water partition coefficient (Wildman–Crippen LogP) is 4.38. The van der Waals surface area contributed by atoms with Crippen molar-refractivity contribution in [2.24, 2.45) is 11.3 Å². The second-order valence-electron chi connectivity index (χ2n) is 6.75. The monoisotopic (exact) mass is 269 g/mol. The summed E-state index contributed by atoms with van der Waals surface area (Å²) in [5.74, 6) is 2.12. The zero-order valence-corrected chi connectivity index (χ0v) is 13.1. The van der Waals surface area contributed by atoms with Gasteiger partial charge in [-0.25, -0.2) is 0 Å². The molecule has 0 aromatic rings. The highest BCUT2D eigenvalue weighted by Gasteiger charge is 2.33. The molecule has 2 heteroatoms. The van der Waals surface area contributed by atoms with Crippen molar-refractivity contribution >= 4 is 12.6 Å². The molecule has 0 amide bonds. The van der Waals surface area contributed by atoms with E-state index in [1.54, 1.807) is 0 Å². The molecule has 1 nitrogen and oxygen atoms in total. The van der Waals surface area contributed by atoms with Crippen molar-refractivity contribution in [3.8, 4) is 0 Å². The zero-order valence-electron chi connectivity index (χ0n) is 12.2. The van der Waals surface area contributed by atoms with Gasteiger partial charge in [-0.3, -0.25) is 0 Å². The highest BCUT2D eigenvalue weighted by atomic mass is 32.1. The Balaban J connectivity index is 1.91. The normalized spacial score (nSPS) is 24.2. The lowest BCUT2D eigenvalue weighted by Gasteiger charge is -2.37. The van der Waals surface area contributed by atoms with E-state index in [0.29, 0.717) is 5.41 Å². The first-order valence-corrected chi connectivity index (χ1v) is 8.74. The van der Waals surface area contributed by atoms with Crippen LogP contribution in [0.2, 0.25) is 0 Å². The first kappa shape index (κ1) is 14.7. The number of hydrogen-bond donors (Lipinski definition) is 1. The minimum absolute atomic E-state index is 0.531. The lowest BCUT2D eigenvalue weighted by Crippen LogP contribution is -2.40. The molecule has 0 aromatic carbocycles. The Labute approximate surface area is 119 Å². The van der Waals surface area contributed by atoms with E-state index >= 15 is 0 Å². The lowest BCUT2D eigenvalue weighted by atomic mass is 9.81. The summed E-state index contributed by atoms with van der Waals surface area (Å²) >= 11 is 4.72. The molecule has 0 saturated heterocycles. The Bertz CT molecular complexity index is 229. The fourth-order valence-corrected chi connectivity index (χ4v) is 3.95. The molecule has 0 aromatic heterocycles. The van der Waals surface area contributed by atoms with Gasteiger partial charge in [0.15, 0.2) is 0 Å².